The van der Waals surface area contributed by atoms with Crippen molar-refractivity contribution in [1.82, 2.24) is 10.2 Å². The molecule has 1 unspecified atom stereocenters. The number of thioether (sulfide) groups is 1. The third-order valence-corrected chi connectivity index (χ3v) is 6.51. The normalized spacial score (nSPS) is 19.6. The van der Waals surface area contributed by atoms with E-state index in [1.807, 2.05) is 25.2 Å². The number of halogens is 1. The molecule has 1 aromatic carbocycles. The van der Waals surface area contributed by atoms with Crippen LogP contribution in [0.1, 0.15) is 25.8 Å². The Labute approximate surface area is 189 Å². The number of guanidine groups is 1. The molecule has 2 N–H and O–H groups in total. The highest BCUT2D eigenvalue weighted by atomic mass is 127. The van der Waals surface area contributed by atoms with Crippen molar-refractivity contribution < 1.29 is 9.53 Å². The van der Waals surface area contributed by atoms with Crippen LogP contribution in [0.15, 0.2) is 23.2 Å². The highest BCUT2D eigenvalue weighted by molar-refractivity contribution is 14.0. The van der Waals surface area contributed by atoms with Gasteiger partial charge in [-0.15, -0.1) is 24.0 Å². The Morgan fingerprint density at radius 2 is 2.25 bits per heavy atom. The maximum Gasteiger partial charge on any atom is 0.224 e. The SMILES string of the molecule is CN=C(NCCOc1ccc2c(c1)CCC(=O)N2)N1CCSC(C(C)C)C1.I. The molecule has 1 saturated heterocycles. The van der Waals surface area contributed by atoms with E-state index in [0.29, 0.717) is 30.7 Å². The largest absolute Gasteiger partial charge is 0.492 e. The van der Waals surface area contributed by atoms with Gasteiger partial charge in [0.2, 0.25) is 5.91 Å². The van der Waals surface area contributed by atoms with Crippen LogP contribution in [-0.4, -0.2) is 61.1 Å². The van der Waals surface area contributed by atoms with Crippen LogP contribution in [0.5, 0.6) is 5.75 Å². The Morgan fingerprint density at radius 3 is 3.00 bits per heavy atom. The molecular weight excluding hydrogens is 487 g/mol. The number of anilines is 1. The summed E-state index contributed by atoms with van der Waals surface area (Å²) in [6.45, 7) is 7.92. The number of aliphatic imine (C=N–C) groups is 1. The number of ether oxygens (including phenoxy) is 1. The maximum atomic E-state index is 11.4. The predicted octanol–water partition coefficient (Wildman–Crippen LogP) is 3.22. The second-order valence-corrected chi connectivity index (χ2v) is 8.64. The molecule has 6 nitrogen and oxygen atoms in total. The highest BCUT2D eigenvalue weighted by Crippen LogP contribution is 2.27. The van der Waals surface area contributed by atoms with Crippen LogP contribution in [0.25, 0.3) is 0 Å². The minimum Gasteiger partial charge on any atom is -0.492 e. The van der Waals surface area contributed by atoms with Gasteiger partial charge in [0.05, 0.1) is 6.54 Å². The molecule has 1 atom stereocenters. The van der Waals surface area contributed by atoms with Crippen LogP contribution >= 0.6 is 35.7 Å². The third-order valence-electron chi connectivity index (χ3n) is 4.97. The quantitative estimate of drug-likeness (QED) is 0.271. The summed E-state index contributed by atoms with van der Waals surface area (Å²) in [5.74, 6) is 3.70. The van der Waals surface area contributed by atoms with Crippen molar-refractivity contribution in [2.24, 2.45) is 10.9 Å². The molecule has 2 aliphatic heterocycles. The fourth-order valence-corrected chi connectivity index (χ4v) is 4.68. The number of hydrogen-bond donors (Lipinski definition) is 2. The summed E-state index contributed by atoms with van der Waals surface area (Å²) < 4.78 is 5.89. The number of nitrogens with zero attached hydrogens (tertiary/aromatic N) is 2. The Bertz CT molecular complexity index is 699. The lowest BCUT2D eigenvalue weighted by Gasteiger charge is -2.36. The number of carbonyl (C=O) groups excluding carboxylic acids is 1. The molecule has 0 saturated carbocycles. The van der Waals surface area contributed by atoms with E-state index in [2.05, 4.69) is 46.1 Å². The monoisotopic (exact) mass is 518 g/mol. The van der Waals surface area contributed by atoms with Gasteiger partial charge < -0.3 is 20.3 Å². The van der Waals surface area contributed by atoms with Gasteiger partial charge in [0.25, 0.3) is 0 Å². The Hall–Kier alpha value is -1.16. The van der Waals surface area contributed by atoms with E-state index in [9.17, 15) is 4.79 Å². The third kappa shape index (κ3) is 6.17. The molecule has 8 heteroatoms. The fraction of sp³-hybridized carbons (Fsp3) is 0.600. The summed E-state index contributed by atoms with van der Waals surface area (Å²) in [4.78, 5) is 18.2. The van der Waals surface area contributed by atoms with Gasteiger partial charge in [0.15, 0.2) is 5.96 Å². The number of hydrogen-bond acceptors (Lipinski definition) is 4. The summed E-state index contributed by atoms with van der Waals surface area (Å²) in [7, 11) is 1.84. The van der Waals surface area contributed by atoms with Gasteiger partial charge in [-0.25, -0.2) is 0 Å². The molecule has 0 aromatic heterocycles. The second kappa shape index (κ2) is 11.1. The number of amides is 1. The van der Waals surface area contributed by atoms with E-state index >= 15 is 0 Å². The molecule has 0 radical (unpaired) electrons. The smallest absolute Gasteiger partial charge is 0.224 e. The van der Waals surface area contributed by atoms with Gasteiger partial charge in [-0.05, 0) is 36.1 Å². The van der Waals surface area contributed by atoms with Crippen molar-refractivity contribution in [3.63, 3.8) is 0 Å². The molecule has 1 fully saturated rings. The van der Waals surface area contributed by atoms with Gasteiger partial charge >= 0.3 is 0 Å². The molecule has 0 spiro atoms. The van der Waals surface area contributed by atoms with Crippen molar-refractivity contribution >= 4 is 53.3 Å². The van der Waals surface area contributed by atoms with Gasteiger partial charge in [-0.2, -0.15) is 11.8 Å². The number of benzene rings is 1. The summed E-state index contributed by atoms with van der Waals surface area (Å²) in [6, 6.07) is 5.86. The topological polar surface area (TPSA) is 66.0 Å². The van der Waals surface area contributed by atoms with Crippen molar-refractivity contribution in [3.8, 4) is 5.75 Å². The molecule has 1 amide bonds. The van der Waals surface area contributed by atoms with Crippen molar-refractivity contribution in [1.29, 1.82) is 0 Å². The van der Waals surface area contributed by atoms with Crippen LogP contribution < -0.4 is 15.4 Å². The minimum absolute atomic E-state index is 0. The lowest BCUT2D eigenvalue weighted by molar-refractivity contribution is -0.116. The van der Waals surface area contributed by atoms with E-state index < -0.39 is 0 Å². The van der Waals surface area contributed by atoms with Gasteiger partial charge in [-0.3, -0.25) is 9.79 Å². The molecule has 2 heterocycles. The van der Waals surface area contributed by atoms with E-state index in [4.69, 9.17) is 4.74 Å². The van der Waals surface area contributed by atoms with Crippen molar-refractivity contribution in [2.75, 3.05) is 44.4 Å². The predicted molar refractivity (Wildman–Crippen MR) is 128 cm³/mol. The number of rotatable bonds is 5. The highest BCUT2D eigenvalue weighted by Gasteiger charge is 2.24. The molecular formula is C20H31IN4O2S. The fourth-order valence-electron chi connectivity index (χ4n) is 3.38. The number of aryl methyl sites for hydroxylation is 1. The number of carbonyl (C=O) groups is 1. The second-order valence-electron chi connectivity index (χ2n) is 7.29. The first kappa shape index (κ1) is 23.1. The summed E-state index contributed by atoms with van der Waals surface area (Å²) in [6.07, 6.45) is 1.31. The average molecular weight is 518 g/mol. The van der Waals surface area contributed by atoms with Gasteiger partial charge in [0, 0.05) is 43.2 Å². The summed E-state index contributed by atoms with van der Waals surface area (Å²) in [5, 5.41) is 6.97. The van der Waals surface area contributed by atoms with E-state index in [1.54, 1.807) is 0 Å². The van der Waals surface area contributed by atoms with Crippen LogP contribution in [0.2, 0.25) is 0 Å². The summed E-state index contributed by atoms with van der Waals surface area (Å²) in [5.41, 5.74) is 2.04. The zero-order valence-corrected chi connectivity index (χ0v) is 20.0. The van der Waals surface area contributed by atoms with Crippen LogP contribution in [-0.2, 0) is 11.2 Å². The first-order chi connectivity index (χ1) is 13.1. The van der Waals surface area contributed by atoms with Crippen LogP contribution in [0.4, 0.5) is 5.69 Å². The van der Waals surface area contributed by atoms with E-state index in [1.165, 1.54) is 0 Å². The maximum absolute atomic E-state index is 11.4. The van der Waals surface area contributed by atoms with Gasteiger partial charge in [-0.1, -0.05) is 13.8 Å². The Kier molecular flexibility index (Phi) is 9.20. The molecule has 0 aliphatic carbocycles. The minimum atomic E-state index is 0. The molecule has 3 rings (SSSR count). The molecule has 0 bridgehead atoms. The summed E-state index contributed by atoms with van der Waals surface area (Å²) >= 11 is 2.06. The molecule has 28 heavy (non-hydrogen) atoms. The zero-order valence-electron chi connectivity index (χ0n) is 16.9. The van der Waals surface area contributed by atoms with E-state index in [-0.39, 0.29) is 29.9 Å². The van der Waals surface area contributed by atoms with Crippen LogP contribution in [0, 0.1) is 5.92 Å². The number of nitrogens with one attached hydrogen (secondary N) is 2. The average Bonchev–Trinajstić information content (AvgIpc) is 2.68. The molecule has 2 aliphatic rings. The zero-order chi connectivity index (χ0) is 19.2. The first-order valence-electron chi connectivity index (χ1n) is 9.69. The lowest BCUT2D eigenvalue weighted by Crippen LogP contribution is -2.49. The molecule has 1 aromatic rings. The lowest BCUT2D eigenvalue weighted by atomic mass is 10.0. The molecule has 156 valence electrons. The van der Waals surface area contributed by atoms with E-state index in [0.717, 1.165) is 48.2 Å². The Morgan fingerprint density at radius 1 is 1.43 bits per heavy atom. The van der Waals surface area contributed by atoms with Crippen LogP contribution in [0.3, 0.4) is 0 Å². The standard InChI is InChI=1S/C20H30N4O2S.HI/c1-14(2)18-13-24(9-11-27-18)20(21-3)22-8-10-26-16-5-6-17-15(12-16)4-7-19(25)23-17;/h5-6,12,14,18H,4,7-11,13H2,1-3H3,(H,21,22)(H,23,25);1H. The van der Waals surface area contributed by atoms with Crippen molar-refractivity contribution in [2.45, 2.75) is 31.9 Å². The number of fused-ring (bicyclic) bond motifs is 1. The first-order valence-corrected chi connectivity index (χ1v) is 10.7. The van der Waals surface area contributed by atoms with Gasteiger partial charge in [0.1, 0.15) is 12.4 Å². The van der Waals surface area contributed by atoms with Crippen molar-refractivity contribution in [3.05, 3.63) is 23.8 Å². The Balaban J connectivity index is 0.00000280.